The molecule has 1 aliphatic rings. The number of rotatable bonds is 3. The van der Waals surface area contributed by atoms with Gasteiger partial charge in [0.15, 0.2) is 5.96 Å². The van der Waals surface area contributed by atoms with Gasteiger partial charge in [0.1, 0.15) is 0 Å². The number of methoxy groups -OCH3 is 1. The Balaban J connectivity index is 2.22. The number of ether oxygens (including phenoxy) is 1. The van der Waals surface area contributed by atoms with E-state index in [1.54, 1.807) is 7.11 Å². The van der Waals surface area contributed by atoms with Gasteiger partial charge in [0.25, 0.3) is 0 Å². The first-order valence-corrected chi connectivity index (χ1v) is 4.45. The third-order valence-corrected chi connectivity index (χ3v) is 1.92. The Morgan fingerprint density at radius 3 is 3.15 bits per heavy atom. The summed E-state index contributed by atoms with van der Waals surface area (Å²) in [7, 11) is 1.67. The molecule has 2 atom stereocenters. The number of aliphatic hydroxyl groups excluding tert-OH is 1. The van der Waals surface area contributed by atoms with Crippen LogP contribution in [0.2, 0.25) is 0 Å². The van der Waals surface area contributed by atoms with Crippen LogP contribution in [0.1, 0.15) is 6.92 Å². The van der Waals surface area contributed by atoms with E-state index in [1.807, 2.05) is 6.92 Å². The van der Waals surface area contributed by atoms with Gasteiger partial charge in [-0.05, 0) is 6.92 Å². The first-order valence-electron chi connectivity index (χ1n) is 4.45. The van der Waals surface area contributed by atoms with Crippen LogP contribution in [-0.4, -0.2) is 50.0 Å². The highest BCUT2D eigenvalue weighted by atomic mass is 16.5. The van der Waals surface area contributed by atoms with E-state index >= 15 is 0 Å². The third-order valence-electron chi connectivity index (χ3n) is 1.92. The summed E-state index contributed by atoms with van der Waals surface area (Å²) in [5.74, 6) is 0.745. The van der Waals surface area contributed by atoms with E-state index in [0.717, 1.165) is 12.5 Å². The van der Waals surface area contributed by atoms with Crippen molar-refractivity contribution in [2.24, 2.45) is 4.99 Å². The second-order valence-corrected chi connectivity index (χ2v) is 3.15. The van der Waals surface area contributed by atoms with E-state index in [0.29, 0.717) is 13.1 Å². The SMILES string of the molecule is COC(C)CNC1=NCC(O)CN1. The molecule has 0 spiro atoms. The largest absolute Gasteiger partial charge is 0.389 e. The average molecular weight is 187 g/mol. The fourth-order valence-electron chi connectivity index (χ4n) is 0.974. The molecule has 0 aromatic carbocycles. The molecule has 2 unspecified atom stereocenters. The maximum Gasteiger partial charge on any atom is 0.191 e. The zero-order valence-electron chi connectivity index (χ0n) is 8.08. The van der Waals surface area contributed by atoms with Gasteiger partial charge in [-0.3, -0.25) is 4.99 Å². The van der Waals surface area contributed by atoms with Crippen molar-refractivity contribution in [2.75, 3.05) is 26.7 Å². The van der Waals surface area contributed by atoms with Gasteiger partial charge < -0.3 is 20.5 Å². The molecule has 0 amide bonds. The summed E-state index contributed by atoms with van der Waals surface area (Å²) >= 11 is 0. The van der Waals surface area contributed by atoms with E-state index in [-0.39, 0.29) is 12.2 Å². The van der Waals surface area contributed by atoms with E-state index in [2.05, 4.69) is 15.6 Å². The van der Waals surface area contributed by atoms with Crippen molar-refractivity contribution in [3.05, 3.63) is 0 Å². The molecule has 1 rings (SSSR count). The standard InChI is InChI=1S/C8H17N3O2/c1-6(13-2)3-9-8-10-4-7(12)5-11-8/h6-7,12H,3-5H2,1-2H3,(H2,9,10,11). The number of hydrogen-bond donors (Lipinski definition) is 3. The molecule has 0 fully saturated rings. The summed E-state index contributed by atoms with van der Waals surface area (Å²) < 4.78 is 5.07. The zero-order chi connectivity index (χ0) is 9.68. The predicted octanol–water partition coefficient (Wildman–Crippen LogP) is -1.07. The van der Waals surface area contributed by atoms with Crippen LogP contribution in [0.15, 0.2) is 4.99 Å². The van der Waals surface area contributed by atoms with Crippen molar-refractivity contribution >= 4 is 5.96 Å². The Bertz CT molecular complexity index is 184. The molecule has 76 valence electrons. The Morgan fingerprint density at radius 1 is 1.85 bits per heavy atom. The lowest BCUT2D eigenvalue weighted by Gasteiger charge is -2.21. The zero-order valence-corrected chi connectivity index (χ0v) is 8.08. The number of nitrogens with zero attached hydrogens (tertiary/aromatic N) is 1. The minimum Gasteiger partial charge on any atom is -0.389 e. The number of aliphatic imine (C=N–C) groups is 1. The maximum atomic E-state index is 9.13. The summed E-state index contributed by atoms with van der Waals surface area (Å²) in [4.78, 5) is 4.11. The molecule has 0 radical (unpaired) electrons. The number of guanidine groups is 1. The number of aliphatic hydroxyl groups is 1. The van der Waals surface area contributed by atoms with Gasteiger partial charge in [0.2, 0.25) is 0 Å². The van der Waals surface area contributed by atoms with Gasteiger partial charge in [0, 0.05) is 20.2 Å². The molecule has 0 bridgehead atoms. The van der Waals surface area contributed by atoms with Gasteiger partial charge in [-0.1, -0.05) is 0 Å². The lowest BCUT2D eigenvalue weighted by Crippen LogP contribution is -2.47. The van der Waals surface area contributed by atoms with Crippen LogP contribution in [0.4, 0.5) is 0 Å². The van der Waals surface area contributed by atoms with Crippen molar-refractivity contribution in [3.8, 4) is 0 Å². The maximum absolute atomic E-state index is 9.13. The topological polar surface area (TPSA) is 65.9 Å². The molecule has 5 nitrogen and oxygen atoms in total. The first-order chi connectivity index (χ1) is 6.22. The highest BCUT2D eigenvalue weighted by Gasteiger charge is 2.11. The number of nitrogens with one attached hydrogen (secondary N) is 2. The molecule has 0 saturated heterocycles. The van der Waals surface area contributed by atoms with Crippen molar-refractivity contribution < 1.29 is 9.84 Å². The highest BCUT2D eigenvalue weighted by Crippen LogP contribution is 1.90. The van der Waals surface area contributed by atoms with Crippen LogP contribution < -0.4 is 10.6 Å². The summed E-state index contributed by atoms with van der Waals surface area (Å²) in [6, 6.07) is 0. The molecule has 0 aromatic heterocycles. The summed E-state index contributed by atoms with van der Waals surface area (Å²) in [6.07, 6.45) is -0.193. The molecule has 5 heteroatoms. The molecule has 0 saturated carbocycles. The lowest BCUT2D eigenvalue weighted by molar-refractivity contribution is 0.121. The lowest BCUT2D eigenvalue weighted by atomic mass is 10.3. The Kier molecular flexibility index (Phi) is 3.98. The molecule has 1 heterocycles. The molecule has 0 aliphatic carbocycles. The first kappa shape index (κ1) is 10.3. The quantitative estimate of drug-likeness (QED) is 0.526. The Morgan fingerprint density at radius 2 is 2.62 bits per heavy atom. The Hall–Kier alpha value is -0.810. The van der Waals surface area contributed by atoms with Crippen molar-refractivity contribution in [1.29, 1.82) is 0 Å². The Labute approximate surface area is 78.2 Å². The second-order valence-electron chi connectivity index (χ2n) is 3.15. The average Bonchev–Trinajstić information content (AvgIpc) is 2.16. The van der Waals surface area contributed by atoms with E-state index < -0.39 is 0 Å². The van der Waals surface area contributed by atoms with Crippen LogP contribution >= 0.6 is 0 Å². The fraction of sp³-hybridized carbons (Fsp3) is 0.875. The van der Waals surface area contributed by atoms with Crippen molar-refractivity contribution in [1.82, 2.24) is 10.6 Å². The summed E-state index contributed by atoms with van der Waals surface area (Å²) in [5, 5.41) is 15.2. The van der Waals surface area contributed by atoms with Gasteiger partial charge in [0.05, 0.1) is 18.8 Å². The fourth-order valence-corrected chi connectivity index (χ4v) is 0.974. The summed E-state index contributed by atoms with van der Waals surface area (Å²) in [5.41, 5.74) is 0. The van der Waals surface area contributed by atoms with Crippen LogP contribution in [0.5, 0.6) is 0 Å². The van der Waals surface area contributed by atoms with Crippen LogP contribution in [0, 0.1) is 0 Å². The van der Waals surface area contributed by atoms with Crippen molar-refractivity contribution in [3.63, 3.8) is 0 Å². The molecular weight excluding hydrogens is 170 g/mol. The molecule has 13 heavy (non-hydrogen) atoms. The van der Waals surface area contributed by atoms with Gasteiger partial charge in [-0.25, -0.2) is 0 Å². The van der Waals surface area contributed by atoms with Gasteiger partial charge in [-0.15, -0.1) is 0 Å². The number of hydrogen-bond acceptors (Lipinski definition) is 5. The number of β-amino-alcohol motifs (C(OH)–C–C–N with tert-alkyl or cyclic N) is 1. The normalized spacial score (nSPS) is 24.5. The predicted molar refractivity (Wildman–Crippen MR) is 50.8 cm³/mol. The third kappa shape index (κ3) is 3.61. The van der Waals surface area contributed by atoms with E-state index in [4.69, 9.17) is 9.84 Å². The van der Waals surface area contributed by atoms with E-state index in [9.17, 15) is 0 Å². The van der Waals surface area contributed by atoms with Gasteiger partial charge in [-0.2, -0.15) is 0 Å². The minimum atomic E-state index is -0.356. The van der Waals surface area contributed by atoms with E-state index in [1.165, 1.54) is 0 Å². The monoisotopic (exact) mass is 187 g/mol. The molecule has 1 aliphatic heterocycles. The van der Waals surface area contributed by atoms with Crippen LogP contribution in [0.3, 0.4) is 0 Å². The smallest absolute Gasteiger partial charge is 0.191 e. The highest BCUT2D eigenvalue weighted by molar-refractivity contribution is 5.80. The van der Waals surface area contributed by atoms with Crippen molar-refractivity contribution in [2.45, 2.75) is 19.1 Å². The minimum absolute atomic E-state index is 0.163. The van der Waals surface area contributed by atoms with Gasteiger partial charge >= 0.3 is 0 Å². The summed E-state index contributed by atoms with van der Waals surface area (Å²) in [6.45, 7) is 3.73. The molecule has 3 N–H and O–H groups in total. The molecular formula is C8H17N3O2. The van der Waals surface area contributed by atoms with Crippen LogP contribution in [0.25, 0.3) is 0 Å². The van der Waals surface area contributed by atoms with Crippen LogP contribution in [-0.2, 0) is 4.74 Å². The molecule has 0 aromatic rings. The second kappa shape index (κ2) is 5.04.